The predicted octanol–water partition coefficient (Wildman–Crippen LogP) is 3.66. The van der Waals surface area contributed by atoms with Gasteiger partial charge >= 0.3 is 0 Å². The lowest BCUT2D eigenvalue weighted by Gasteiger charge is -2.12. The minimum atomic E-state index is 0.467. The van der Waals surface area contributed by atoms with Crippen molar-refractivity contribution in [1.82, 2.24) is 4.98 Å². The van der Waals surface area contributed by atoms with Crippen molar-refractivity contribution in [2.75, 3.05) is 11.9 Å². The lowest BCUT2D eigenvalue weighted by Crippen LogP contribution is -2.01. The van der Waals surface area contributed by atoms with Crippen LogP contribution in [0.3, 0.4) is 0 Å². The zero-order valence-corrected chi connectivity index (χ0v) is 11.0. The zero-order valence-electron chi connectivity index (χ0n) is 11.0. The van der Waals surface area contributed by atoms with Crippen molar-refractivity contribution in [2.45, 2.75) is 26.7 Å². The van der Waals surface area contributed by atoms with Gasteiger partial charge in [-0.15, -0.1) is 0 Å². The molecule has 2 aromatic rings. The molecule has 92 valence electrons. The van der Waals surface area contributed by atoms with Gasteiger partial charge in [-0.05, 0) is 30.5 Å². The number of pyridine rings is 1. The summed E-state index contributed by atoms with van der Waals surface area (Å²) in [6.45, 7) is 7.14. The van der Waals surface area contributed by atoms with Gasteiger partial charge in [0.15, 0.2) is 0 Å². The number of nitrogens with one attached hydrogen (secondary N) is 1. The van der Waals surface area contributed by atoms with E-state index >= 15 is 0 Å². The summed E-state index contributed by atoms with van der Waals surface area (Å²) in [7, 11) is 0. The van der Waals surface area contributed by atoms with E-state index in [9.17, 15) is 0 Å². The van der Waals surface area contributed by atoms with E-state index in [4.69, 9.17) is 5.26 Å². The molecule has 0 radical (unpaired) electrons. The molecule has 2 rings (SSSR count). The van der Waals surface area contributed by atoms with E-state index in [1.807, 2.05) is 13.0 Å². The minimum absolute atomic E-state index is 0.467. The molecule has 0 atom stereocenters. The van der Waals surface area contributed by atoms with Gasteiger partial charge < -0.3 is 5.32 Å². The molecule has 0 fully saturated rings. The maximum atomic E-state index is 9.15. The summed E-state index contributed by atoms with van der Waals surface area (Å²) in [5.41, 5.74) is 3.69. The average molecular weight is 239 g/mol. The van der Waals surface area contributed by atoms with Gasteiger partial charge in [0.1, 0.15) is 6.07 Å². The topological polar surface area (TPSA) is 48.7 Å². The second-order valence-corrected chi connectivity index (χ2v) is 4.62. The molecule has 3 heteroatoms. The van der Waals surface area contributed by atoms with Crippen LogP contribution >= 0.6 is 0 Å². The van der Waals surface area contributed by atoms with Gasteiger partial charge in [-0.1, -0.05) is 19.9 Å². The SMILES string of the molecule is CCNc1c(C#N)cnc2ccc(C(C)C)cc12. The summed E-state index contributed by atoms with van der Waals surface area (Å²) in [6.07, 6.45) is 1.63. The van der Waals surface area contributed by atoms with Crippen LogP contribution < -0.4 is 5.32 Å². The van der Waals surface area contributed by atoms with Crippen LogP contribution in [0.4, 0.5) is 5.69 Å². The second-order valence-electron chi connectivity index (χ2n) is 4.62. The Morgan fingerprint density at radius 1 is 1.39 bits per heavy atom. The molecule has 0 bridgehead atoms. The van der Waals surface area contributed by atoms with Gasteiger partial charge in [0.25, 0.3) is 0 Å². The summed E-state index contributed by atoms with van der Waals surface area (Å²) in [5.74, 6) is 0.467. The molecule has 0 spiro atoms. The molecule has 1 aromatic heterocycles. The number of hydrogen-bond donors (Lipinski definition) is 1. The Morgan fingerprint density at radius 2 is 2.17 bits per heavy atom. The van der Waals surface area contributed by atoms with E-state index in [0.717, 1.165) is 23.1 Å². The lowest BCUT2D eigenvalue weighted by molar-refractivity contribution is 0.868. The van der Waals surface area contributed by atoms with Crippen LogP contribution in [0.2, 0.25) is 0 Å². The van der Waals surface area contributed by atoms with Crippen LogP contribution in [0.5, 0.6) is 0 Å². The third kappa shape index (κ3) is 2.14. The van der Waals surface area contributed by atoms with Crippen molar-refractivity contribution >= 4 is 16.6 Å². The van der Waals surface area contributed by atoms with Crippen molar-refractivity contribution in [2.24, 2.45) is 0 Å². The smallest absolute Gasteiger partial charge is 0.103 e. The summed E-state index contributed by atoms with van der Waals surface area (Å²) in [4.78, 5) is 4.33. The first-order valence-electron chi connectivity index (χ1n) is 6.24. The highest BCUT2D eigenvalue weighted by Crippen LogP contribution is 2.28. The maximum Gasteiger partial charge on any atom is 0.103 e. The van der Waals surface area contributed by atoms with E-state index in [-0.39, 0.29) is 0 Å². The van der Waals surface area contributed by atoms with Crippen molar-refractivity contribution in [3.8, 4) is 6.07 Å². The number of anilines is 1. The van der Waals surface area contributed by atoms with Crippen LogP contribution in [0.1, 0.15) is 37.8 Å². The highest BCUT2D eigenvalue weighted by molar-refractivity contribution is 5.94. The third-order valence-electron chi connectivity index (χ3n) is 3.03. The third-order valence-corrected chi connectivity index (χ3v) is 3.03. The first-order valence-corrected chi connectivity index (χ1v) is 6.24. The summed E-state index contributed by atoms with van der Waals surface area (Å²) < 4.78 is 0. The number of nitriles is 1. The van der Waals surface area contributed by atoms with E-state index < -0.39 is 0 Å². The molecule has 0 amide bonds. The fraction of sp³-hybridized carbons (Fsp3) is 0.333. The Bertz CT molecular complexity index is 609. The molecule has 0 aliphatic rings. The van der Waals surface area contributed by atoms with Crippen molar-refractivity contribution in [1.29, 1.82) is 5.26 Å². The molecule has 0 saturated heterocycles. The van der Waals surface area contributed by atoms with Gasteiger partial charge in [0.2, 0.25) is 0 Å². The van der Waals surface area contributed by atoms with Crippen LogP contribution in [0, 0.1) is 11.3 Å². The number of fused-ring (bicyclic) bond motifs is 1. The minimum Gasteiger partial charge on any atom is -0.384 e. The second kappa shape index (κ2) is 5.05. The number of nitrogens with zero attached hydrogens (tertiary/aromatic N) is 2. The Morgan fingerprint density at radius 3 is 2.78 bits per heavy atom. The molecule has 0 unspecified atom stereocenters. The van der Waals surface area contributed by atoms with Crippen molar-refractivity contribution < 1.29 is 0 Å². The highest BCUT2D eigenvalue weighted by Gasteiger charge is 2.09. The molecular formula is C15H17N3. The van der Waals surface area contributed by atoms with Gasteiger partial charge in [0, 0.05) is 18.1 Å². The Balaban J connectivity index is 2.72. The van der Waals surface area contributed by atoms with E-state index in [2.05, 4.69) is 42.4 Å². The summed E-state index contributed by atoms with van der Waals surface area (Å²) >= 11 is 0. The van der Waals surface area contributed by atoms with Crippen molar-refractivity contribution in [3.63, 3.8) is 0 Å². The Labute approximate surface area is 107 Å². The molecule has 1 aromatic carbocycles. The van der Waals surface area contributed by atoms with Crippen LogP contribution in [-0.4, -0.2) is 11.5 Å². The van der Waals surface area contributed by atoms with Crippen LogP contribution in [0.15, 0.2) is 24.4 Å². The number of rotatable bonds is 3. The predicted molar refractivity (Wildman–Crippen MR) is 74.7 cm³/mol. The first-order chi connectivity index (χ1) is 8.67. The molecule has 1 N–H and O–H groups in total. The quantitative estimate of drug-likeness (QED) is 0.889. The van der Waals surface area contributed by atoms with Gasteiger partial charge in [-0.3, -0.25) is 4.98 Å². The van der Waals surface area contributed by atoms with Crippen LogP contribution in [0.25, 0.3) is 10.9 Å². The van der Waals surface area contributed by atoms with E-state index in [1.54, 1.807) is 6.20 Å². The van der Waals surface area contributed by atoms with Gasteiger partial charge in [-0.25, -0.2) is 0 Å². The fourth-order valence-corrected chi connectivity index (χ4v) is 2.02. The maximum absolute atomic E-state index is 9.15. The van der Waals surface area contributed by atoms with Gasteiger partial charge in [0.05, 0.1) is 16.8 Å². The van der Waals surface area contributed by atoms with Crippen LogP contribution in [-0.2, 0) is 0 Å². The van der Waals surface area contributed by atoms with Gasteiger partial charge in [-0.2, -0.15) is 5.26 Å². The molecular weight excluding hydrogens is 222 g/mol. The molecule has 18 heavy (non-hydrogen) atoms. The molecule has 3 nitrogen and oxygen atoms in total. The van der Waals surface area contributed by atoms with E-state index in [1.165, 1.54) is 5.56 Å². The first kappa shape index (κ1) is 12.4. The molecule has 0 aliphatic heterocycles. The fourth-order valence-electron chi connectivity index (χ4n) is 2.02. The Hall–Kier alpha value is -2.08. The number of benzene rings is 1. The lowest BCUT2D eigenvalue weighted by atomic mass is 9.99. The molecule has 0 aliphatic carbocycles. The molecule has 1 heterocycles. The number of aromatic nitrogens is 1. The standard InChI is InChI=1S/C15H17N3/c1-4-17-15-12(8-16)9-18-14-6-5-11(10(2)3)7-13(14)15/h5-7,9-10H,4H2,1-3H3,(H,17,18). The van der Waals surface area contributed by atoms with E-state index in [0.29, 0.717) is 11.5 Å². The highest BCUT2D eigenvalue weighted by atomic mass is 14.9. The normalized spacial score (nSPS) is 10.6. The summed E-state index contributed by atoms with van der Waals surface area (Å²) in [6, 6.07) is 8.45. The average Bonchev–Trinajstić information content (AvgIpc) is 2.38. The molecule has 0 saturated carbocycles. The largest absolute Gasteiger partial charge is 0.384 e. The Kier molecular flexibility index (Phi) is 3.47. The summed E-state index contributed by atoms with van der Waals surface area (Å²) in [5, 5.41) is 13.5. The number of hydrogen-bond acceptors (Lipinski definition) is 3. The monoisotopic (exact) mass is 239 g/mol. The van der Waals surface area contributed by atoms with Crippen molar-refractivity contribution in [3.05, 3.63) is 35.5 Å². The zero-order chi connectivity index (χ0) is 13.1.